The highest BCUT2D eigenvalue weighted by Crippen LogP contribution is 2.52. The fourth-order valence-corrected chi connectivity index (χ4v) is 7.72. The van der Waals surface area contributed by atoms with Gasteiger partial charge in [-0.25, -0.2) is 4.98 Å². The zero-order valence-corrected chi connectivity index (χ0v) is 27.1. The highest BCUT2D eigenvalue weighted by atomic mass is 32.1. The summed E-state index contributed by atoms with van der Waals surface area (Å²) < 4.78 is 4.91. The molecule has 4 heterocycles. The van der Waals surface area contributed by atoms with Gasteiger partial charge in [-0.2, -0.15) is 4.37 Å². The Morgan fingerprint density at radius 3 is 2.36 bits per heavy atom. The molecule has 222 valence electrons. The van der Waals surface area contributed by atoms with Crippen LogP contribution < -0.4 is 4.90 Å². The molecule has 3 aromatic carbocycles. The molecule has 0 saturated carbocycles. The number of aromatic nitrogens is 4. The number of para-hydroxylation sites is 1. The van der Waals surface area contributed by atoms with Crippen molar-refractivity contribution in [2.75, 3.05) is 4.90 Å². The summed E-state index contributed by atoms with van der Waals surface area (Å²) in [6, 6.07) is 25.9. The van der Waals surface area contributed by atoms with Gasteiger partial charge in [0.15, 0.2) is 5.82 Å². The molecule has 1 aliphatic carbocycles. The van der Waals surface area contributed by atoms with Crippen molar-refractivity contribution >= 4 is 44.7 Å². The van der Waals surface area contributed by atoms with Crippen LogP contribution in [0.15, 0.2) is 109 Å². The number of anilines is 2. The Kier molecular flexibility index (Phi) is 6.30. The molecule has 3 aromatic heterocycles. The molecule has 45 heavy (non-hydrogen) atoms. The third kappa shape index (κ3) is 4.50. The van der Waals surface area contributed by atoms with E-state index in [1.54, 1.807) is 0 Å². The minimum atomic E-state index is -0.145. The van der Waals surface area contributed by atoms with Crippen molar-refractivity contribution in [1.29, 1.82) is 0 Å². The Labute approximate surface area is 268 Å². The van der Waals surface area contributed by atoms with Gasteiger partial charge in [0, 0.05) is 51.1 Å². The Balaban J connectivity index is 1.26. The van der Waals surface area contributed by atoms with Gasteiger partial charge >= 0.3 is 0 Å². The second kappa shape index (κ2) is 10.2. The van der Waals surface area contributed by atoms with Crippen molar-refractivity contribution in [2.24, 2.45) is 5.41 Å². The predicted octanol–water partition coefficient (Wildman–Crippen LogP) is 10.4. The Bertz CT molecular complexity index is 2200. The summed E-state index contributed by atoms with van der Waals surface area (Å²) >= 11 is 1.44. The minimum Gasteiger partial charge on any atom is -0.314 e. The number of hydrogen-bond donors (Lipinski definition) is 0. The molecule has 0 saturated heterocycles. The first-order valence-corrected chi connectivity index (χ1v) is 16.4. The van der Waals surface area contributed by atoms with Crippen LogP contribution in [0.5, 0.6) is 0 Å². The van der Waals surface area contributed by atoms with E-state index < -0.39 is 0 Å². The molecule has 2 aliphatic rings. The standard InChI is InChI=1S/C39H35N5S/c1-38(2,3)26-15-17-27(18-16-26)44-32-13-7-6-12-30(32)39(4,5)31-19-14-25(23-33(31)44)36-42-37(45-43-36)29-22-24-10-8-20-40-34(24)35-28(29)11-9-21-41-35/h6-15,17,19-23H,16,18H2,1-5H3. The maximum Gasteiger partial charge on any atom is 0.173 e. The highest BCUT2D eigenvalue weighted by Gasteiger charge is 2.38. The lowest BCUT2D eigenvalue weighted by Crippen LogP contribution is -2.33. The van der Waals surface area contributed by atoms with Crippen LogP contribution in [0.3, 0.4) is 0 Å². The molecule has 6 aromatic rings. The van der Waals surface area contributed by atoms with E-state index in [0.29, 0.717) is 0 Å². The van der Waals surface area contributed by atoms with E-state index in [1.165, 1.54) is 45.3 Å². The van der Waals surface area contributed by atoms with Gasteiger partial charge in [0.1, 0.15) is 5.01 Å². The largest absolute Gasteiger partial charge is 0.314 e. The van der Waals surface area contributed by atoms with Crippen LogP contribution in [0.25, 0.3) is 43.8 Å². The van der Waals surface area contributed by atoms with Gasteiger partial charge in [-0.1, -0.05) is 88.7 Å². The summed E-state index contributed by atoms with van der Waals surface area (Å²) in [6.45, 7) is 11.6. The lowest BCUT2D eigenvalue weighted by Gasteiger charge is -2.43. The summed E-state index contributed by atoms with van der Waals surface area (Å²) in [5, 5.41) is 2.96. The van der Waals surface area contributed by atoms with Gasteiger partial charge < -0.3 is 4.90 Å². The van der Waals surface area contributed by atoms with Crippen molar-refractivity contribution in [3.63, 3.8) is 0 Å². The quantitative estimate of drug-likeness (QED) is 0.188. The van der Waals surface area contributed by atoms with Gasteiger partial charge in [0.25, 0.3) is 0 Å². The molecule has 0 atom stereocenters. The summed E-state index contributed by atoms with van der Waals surface area (Å²) in [5.74, 6) is 0.741. The molecule has 0 amide bonds. The van der Waals surface area contributed by atoms with Gasteiger partial charge in [0.2, 0.25) is 0 Å². The molecule has 0 unspecified atom stereocenters. The molecule has 0 fully saturated rings. The molecule has 0 spiro atoms. The zero-order chi connectivity index (χ0) is 30.9. The van der Waals surface area contributed by atoms with E-state index in [9.17, 15) is 0 Å². The number of hydrogen-bond acceptors (Lipinski definition) is 6. The van der Waals surface area contributed by atoms with Crippen LogP contribution in [-0.4, -0.2) is 19.3 Å². The van der Waals surface area contributed by atoms with Crippen molar-refractivity contribution in [2.45, 2.75) is 52.9 Å². The molecular weight excluding hydrogens is 571 g/mol. The third-order valence-electron chi connectivity index (χ3n) is 9.48. The lowest BCUT2D eigenvalue weighted by atomic mass is 9.73. The SMILES string of the molecule is CC(C)(C)C1=CC=C(N2c3ccccc3C(C)(C)c3ccc(-c4nsc(-c5cc6cccnc6c6ncccc56)n4)cc32)CC1. The molecule has 5 nitrogen and oxygen atoms in total. The molecule has 0 N–H and O–H groups in total. The smallest absolute Gasteiger partial charge is 0.173 e. The fraction of sp³-hybridized carbons (Fsp3) is 0.231. The lowest BCUT2D eigenvalue weighted by molar-refractivity contribution is 0.478. The van der Waals surface area contributed by atoms with Crippen molar-refractivity contribution < 1.29 is 0 Å². The van der Waals surface area contributed by atoms with Crippen LogP contribution in [0, 0.1) is 5.41 Å². The third-order valence-corrected chi connectivity index (χ3v) is 10.2. The first kappa shape index (κ1) is 27.8. The molecule has 6 heteroatoms. The zero-order valence-electron chi connectivity index (χ0n) is 26.3. The van der Waals surface area contributed by atoms with Gasteiger partial charge in [0.05, 0.1) is 16.7 Å². The van der Waals surface area contributed by atoms with Crippen LogP contribution in [0.4, 0.5) is 11.4 Å². The predicted molar refractivity (Wildman–Crippen MR) is 187 cm³/mol. The average molecular weight is 606 g/mol. The van der Waals surface area contributed by atoms with Gasteiger partial charge in [-0.3, -0.25) is 9.97 Å². The average Bonchev–Trinajstić information content (AvgIpc) is 3.55. The minimum absolute atomic E-state index is 0.145. The number of nitrogens with zero attached hydrogens (tertiary/aromatic N) is 5. The number of pyridine rings is 2. The Morgan fingerprint density at radius 1 is 0.778 bits per heavy atom. The van der Waals surface area contributed by atoms with E-state index in [1.807, 2.05) is 24.5 Å². The number of benzene rings is 3. The number of fused-ring (bicyclic) bond motifs is 5. The first-order chi connectivity index (χ1) is 21.7. The second-order valence-corrected chi connectivity index (χ2v) is 14.4. The summed E-state index contributed by atoms with van der Waals surface area (Å²) in [7, 11) is 0. The summed E-state index contributed by atoms with van der Waals surface area (Å²) in [6.07, 6.45) is 10.4. The summed E-state index contributed by atoms with van der Waals surface area (Å²) in [5.41, 5.74) is 11.8. The number of allylic oxidation sites excluding steroid dienone is 4. The van der Waals surface area contributed by atoms with E-state index in [-0.39, 0.29) is 10.8 Å². The fourth-order valence-electron chi connectivity index (χ4n) is 7.01. The summed E-state index contributed by atoms with van der Waals surface area (Å²) in [4.78, 5) is 16.9. The molecule has 8 rings (SSSR count). The Morgan fingerprint density at radius 2 is 1.56 bits per heavy atom. The van der Waals surface area contributed by atoms with E-state index in [4.69, 9.17) is 14.3 Å². The second-order valence-electron chi connectivity index (χ2n) is 13.6. The normalized spacial score (nSPS) is 15.9. The molecule has 1 aliphatic heterocycles. The van der Waals surface area contributed by atoms with Crippen LogP contribution >= 0.6 is 11.5 Å². The maximum absolute atomic E-state index is 5.13. The van der Waals surface area contributed by atoms with Crippen LogP contribution in [0.2, 0.25) is 0 Å². The van der Waals surface area contributed by atoms with Crippen molar-refractivity contribution in [3.05, 3.63) is 120 Å². The van der Waals surface area contributed by atoms with E-state index in [2.05, 4.69) is 117 Å². The van der Waals surface area contributed by atoms with Gasteiger partial charge in [-0.05, 0) is 77.3 Å². The van der Waals surface area contributed by atoms with Crippen molar-refractivity contribution in [3.8, 4) is 22.0 Å². The van der Waals surface area contributed by atoms with Gasteiger partial charge in [-0.15, -0.1) is 0 Å². The van der Waals surface area contributed by atoms with Crippen LogP contribution in [0.1, 0.15) is 58.6 Å². The van der Waals surface area contributed by atoms with Crippen LogP contribution in [-0.2, 0) is 5.41 Å². The molecular formula is C39H35N5S. The van der Waals surface area contributed by atoms with Crippen molar-refractivity contribution in [1.82, 2.24) is 19.3 Å². The van der Waals surface area contributed by atoms with E-state index >= 15 is 0 Å². The Hall–Kier alpha value is -4.68. The highest BCUT2D eigenvalue weighted by molar-refractivity contribution is 7.09. The maximum atomic E-state index is 5.13. The first-order valence-electron chi connectivity index (χ1n) is 15.6. The monoisotopic (exact) mass is 605 g/mol. The number of rotatable bonds is 3. The topological polar surface area (TPSA) is 54.8 Å². The molecule has 0 radical (unpaired) electrons. The van der Waals surface area contributed by atoms with E-state index in [0.717, 1.165) is 56.6 Å². The molecule has 0 bridgehead atoms.